The first-order valence-electron chi connectivity index (χ1n) is 8.03. The highest BCUT2D eigenvalue weighted by Gasteiger charge is 2.14. The lowest BCUT2D eigenvalue weighted by molar-refractivity contribution is -0.495. The van der Waals surface area contributed by atoms with Gasteiger partial charge >= 0.3 is 0 Å². The molecular formula is C18H23ClN3O3S+. The van der Waals surface area contributed by atoms with Crippen LogP contribution in [0.5, 0.6) is 5.75 Å². The van der Waals surface area contributed by atoms with Gasteiger partial charge in [-0.1, -0.05) is 11.6 Å². The minimum atomic E-state index is -3.55. The van der Waals surface area contributed by atoms with Crippen LogP contribution >= 0.6 is 11.6 Å². The second-order valence-electron chi connectivity index (χ2n) is 5.71. The number of anilines is 1. The van der Waals surface area contributed by atoms with Crippen molar-refractivity contribution >= 4 is 33.1 Å². The van der Waals surface area contributed by atoms with E-state index in [4.69, 9.17) is 16.3 Å². The number of amidine groups is 1. The molecule has 0 radical (unpaired) electrons. The number of halogens is 1. The number of ether oxygens (including phenoxy) is 1. The number of likely N-dealkylation sites (N-methyl/N-ethyl adjacent to an activating group) is 1. The molecule has 0 bridgehead atoms. The lowest BCUT2D eigenvalue weighted by Gasteiger charge is -2.09. The molecular weight excluding hydrogens is 374 g/mol. The quantitative estimate of drug-likeness (QED) is 0.429. The zero-order valence-electron chi connectivity index (χ0n) is 15.0. The summed E-state index contributed by atoms with van der Waals surface area (Å²) in [6.45, 7) is 2.72. The lowest BCUT2D eigenvalue weighted by atomic mass is 10.3. The van der Waals surface area contributed by atoms with Crippen LogP contribution in [0.25, 0.3) is 0 Å². The summed E-state index contributed by atoms with van der Waals surface area (Å²) in [4.78, 5) is 0.209. The smallest absolute Gasteiger partial charge is 0.246 e. The summed E-state index contributed by atoms with van der Waals surface area (Å²) in [6, 6.07) is 13.6. The van der Waals surface area contributed by atoms with E-state index in [-0.39, 0.29) is 11.4 Å². The maximum Gasteiger partial charge on any atom is 0.246 e. The van der Waals surface area contributed by atoms with Gasteiger partial charge in [0.25, 0.3) is 0 Å². The van der Waals surface area contributed by atoms with Crippen molar-refractivity contribution < 1.29 is 17.7 Å². The zero-order chi connectivity index (χ0) is 19.2. The minimum absolute atomic E-state index is 0.209. The SMILES string of the molecule is COc1ccc(S(=O)(=O)NCC[N+](C)=C(C)Nc2ccc(Cl)cc2)cc1. The van der Waals surface area contributed by atoms with E-state index in [0.29, 0.717) is 17.3 Å². The predicted molar refractivity (Wildman–Crippen MR) is 105 cm³/mol. The van der Waals surface area contributed by atoms with E-state index in [2.05, 4.69) is 10.0 Å². The van der Waals surface area contributed by atoms with Gasteiger partial charge in [0.1, 0.15) is 11.4 Å². The molecule has 0 saturated heterocycles. The molecule has 0 aliphatic rings. The van der Waals surface area contributed by atoms with Crippen molar-refractivity contribution in [2.24, 2.45) is 0 Å². The van der Waals surface area contributed by atoms with Crippen LogP contribution in [0, 0.1) is 0 Å². The Morgan fingerprint density at radius 3 is 2.31 bits per heavy atom. The van der Waals surface area contributed by atoms with Gasteiger partial charge in [0.05, 0.1) is 25.6 Å². The molecule has 0 aromatic heterocycles. The van der Waals surface area contributed by atoms with Crippen LogP contribution < -0.4 is 14.8 Å². The first-order valence-corrected chi connectivity index (χ1v) is 9.89. The van der Waals surface area contributed by atoms with E-state index in [9.17, 15) is 8.42 Å². The molecule has 0 amide bonds. The first-order chi connectivity index (χ1) is 12.3. The van der Waals surface area contributed by atoms with Crippen molar-refractivity contribution in [1.29, 1.82) is 0 Å². The fourth-order valence-corrected chi connectivity index (χ4v) is 3.34. The molecule has 0 aliphatic heterocycles. The zero-order valence-corrected chi connectivity index (χ0v) is 16.6. The molecule has 26 heavy (non-hydrogen) atoms. The number of methoxy groups -OCH3 is 1. The highest BCUT2D eigenvalue weighted by atomic mass is 35.5. The van der Waals surface area contributed by atoms with E-state index in [0.717, 1.165) is 11.5 Å². The largest absolute Gasteiger partial charge is 0.497 e. The third kappa shape index (κ3) is 5.72. The first kappa shape index (κ1) is 20.2. The van der Waals surface area contributed by atoms with E-state index in [1.54, 1.807) is 24.3 Å². The van der Waals surface area contributed by atoms with Gasteiger partial charge in [-0.3, -0.25) is 4.58 Å². The van der Waals surface area contributed by atoms with Crippen LogP contribution in [0.3, 0.4) is 0 Å². The number of nitrogens with one attached hydrogen (secondary N) is 2. The molecule has 6 nitrogen and oxygen atoms in total. The Hall–Kier alpha value is -2.09. The van der Waals surface area contributed by atoms with Gasteiger partial charge in [-0.25, -0.2) is 18.5 Å². The predicted octanol–water partition coefficient (Wildman–Crippen LogP) is 2.80. The van der Waals surface area contributed by atoms with Crippen molar-refractivity contribution in [2.75, 3.05) is 32.6 Å². The van der Waals surface area contributed by atoms with Gasteiger partial charge in [0.2, 0.25) is 15.9 Å². The van der Waals surface area contributed by atoms with Crippen LogP contribution in [0.4, 0.5) is 5.69 Å². The molecule has 2 aromatic carbocycles. The van der Waals surface area contributed by atoms with E-state index >= 15 is 0 Å². The number of hydrogen-bond acceptors (Lipinski definition) is 3. The third-order valence-corrected chi connectivity index (χ3v) is 5.58. The third-order valence-electron chi connectivity index (χ3n) is 3.85. The standard InChI is InChI=1S/C18H22ClN3O3S/c1-14(21-16-6-4-15(19)5-7-16)22(2)13-12-20-26(23,24)18-10-8-17(25-3)9-11-18/h4-11,20H,12-13H2,1-3H3/p+1. The Bertz CT molecular complexity index is 864. The second kappa shape index (κ2) is 9.02. The molecule has 0 unspecified atom stereocenters. The normalized spacial score (nSPS) is 12.5. The molecule has 0 fully saturated rings. The Labute approximate surface area is 159 Å². The van der Waals surface area contributed by atoms with E-state index in [1.165, 1.54) is 19.2 Å². The Morgan fingerprint density at radius 1 is 1.12 bits per heavy atom. The van der Waals surface area contributed by atoms with Crippen LogP contribution in [-0.4, -0.2) is 46.1 Å². The summed E-state index contributed by atoms with van der Waals surface area (Å²) in [5.41, 5.74) is 0.914. The van der Waals surface area contributed by atoms with Crippen LogP contribution in [0.2, 0.25) is 5.02 Å². The summed E-state index contributed by atoms with van der Waals surface area (Å²) in [5.74, 6) is 1.51. The van der Waals surface area contributed by atoms with E-state index < -0.39 is 10.0 Å². The Morgan fingerprint density at radius 2 is 1.73 bits per heavy atom. The number of nitrogens with zero attached hydrogens (tertiary/aromatic N) is 1. The maximum absolute atomic E-state index is 12.3. The number of benzene rings is 2. The number of sulfonamides is 1. The van der Waals surface area contributed by atoms with Gasteiger partial charge in [0, 0.05) is 18.5 Å². The fraction of sp³-hybridized carbons (Fsp3) is 0.278. The Kier molecular flexibility index (Phi) is 7.02. The van der Waals surface area contributed by atoms with Crippen molar-refractivity contribution in [3.63, 3.8) is 0 Å². The van der Waals surface area contributed by atoms with Gasteiger partial charge < -0.3 is 4.74 Å². The van der Waals surface area contributed by atoms with Crippen LogP contribution in [-0.2, 0) is 10.0 Å². The maximum atomic E-state index is 12.3. The molecule has 8 heteroatoms. The lowest BCUT2D eigenvalue weighted by Crippen LogP contribution is -2.32. The topological polar surface area (TPSA) is 70.4 Å². The highest BCUT2D eigenvalue weighted by Crippen LogP contribution is 2.15. The van der Waals surface area contributed by atoms with Crippen molar-refractivity contribution in [3.8, 4) is 5.75 Å². The summed E-state index contributed by atoms with van der Waals surface area (Å²) >= 11 is 5.87. The van der Waals surface area contributed by atoms with E-state index in [1.807, 2.05) is 30.7 Å². The van der Waals surface area contributed by atoms with Crippen molar-refractivity contribution in [3.05, 3.63) is 53.6 Å². The molecule has 2 aromatic rings. The monoisotopic (exact) mass is 396 g/mol. The number of rotatable bonds is 7. The Balaban J connectivity index is 1.92. The molecule has 2 rings (SSSR count). The molecule has 0 aliphatic carbocycles. The molecule has 0 saturated carbocycles. The van der Waals surface area contributed by atoms with Crippen LogP contribution in [0.1, 0.15) is 6.92 Å². The molecule has 0 atom stereocenters. The van der Waals surface area contributed by atoms with Gasteiger partial charge in [-0.15, -0.1) is 0 Å². The minimum Gasteiger partial charge on any atom is -0.497 e. The molecule has 140 valence electrons. The summed E-state index contributed by atoms with van der Waals surface area (Å²) in [7, 11) is -0.122. The average molecular weight is 397 g/mol. The summed E-state index contributed by atoms with van der Waals surface area (Å²) in [5, 5.41) is 3.93. The fourth-order valence-electron chi connectivity index (χ4n) is 2.19. The van der Waals surface area contributed by atoms with Gasteiger partial charge in [-0.2, -0.15) is 0 Å². The number of hydrogen-bond donors (Lipinski definition) is 2. The average Bonchev–Trinajstić information content (AvgIpc) is 2.63. The summed E-state index contributed by atoms with van der Waals surface area (Å²) < 4.78 is 34.2. The van der Waals surface area contributed by atoms with Gasteiger partial charge in [0.15, 0.2) is 0 Å². The summed E-state index contributed by atoms with van der Waals surface area (Å²) in [6.07, 6.45) is 0. The van der Waals surface area contributed by atoms with Gasteiger partial charge in [-0.05, 0) is 48.5 Å². The van der Waals surface area contributed by atoms with Crippen molar-refractivity contribution in [2.45, 2.75) is 11.8 Å². The molecule has 0 heterocycles. The van der Waals surface area contributed by atoms with Crippen LogP contribution in [0.15, 0.2) is 53.4 Å². The highest BCUT2D eigenvalue weighted by molar-refractivity contribution is 7.89. The molecule has 0 spiro atoms. The van der Waals surface area contributed by atoms with Crippen molar-refractivity contribution in [1.82, 2.24) is 4.72 Å². The second-order valence-corrected chi connectivity index (χ2v) is 7.92. The molecule has 2 N–H and O–H groups in total.